The van der Waals surface area contributed by atoms with E-state index in [-0.39, 0.29) is 17.7 Å². The number of aromatic carboxylic acids is 1. The highest BCUT2D eigenvalue weighted by Gasteiger charge is 2.14. The van der Waals surface area contributed by atoms with E-state index in [1.807, 2.05) is 19.1 Å². The third-order valence-electron chi connectivity index (χ3n) is 4.65. The summed E-state index contributed by atoms with van der Waals surface area (Å²) in [5, 5.41) is 12.7. The largest absolute Gasteiger partial charge is 0.493 e. The molecule has 0 saturated carbocycles. The monoisotopic (exact) mass is 429 g/mol. The first-order valence-corrected chi connectivity index (χ1v) is 9.58. The van der Waals surface area contributed by atoms with Crippen LogP contribution in [0.15, 0.2) is 54.6 Å². The van der Waals surface area contributed by atoms with Crippen LogP contribution in [0.25, 0.3) is 0 Å². The first-order valence-electron chi connectivity index (χ1n) is 9.20. The normalized spacial score (nSPS) is 10.5. The summed E-state index contributed by atoms with van der Waals surface area (Å²) in [6.07, 6.45) is 0. The molecule has 0 heterocycles. The average molecular weight is 430 g/mol. The summed E-state index contributed by atoms with van der Waals surface area (Å²) in [6.45, 7) is 2.17. The summed E-state index contributed by atoms with van der Waals surface area (Å²) < 4.78 is 25.4. The molecule has 0 bridgehead atoms. The lowest BCUT2D eigenvalue weighted by molar-refractivity contribution is 0.0697. The fourth-order valence-corrected chi connectivity index (χ4v) is 3.24. The molecule has 156 valence electrons. The predicted octanol–water partition coefficient (Wildman–Crippen LogP) is 5.69. The van der Waals surface area contributed by atoms with Crippen LogP contribution in [-0.2, 0) is 13.2 Å². The van der Waals surface area contributed by atoms with E-state index in [1.165, 1.54) is 19.2 Å². The summed E-state index contributed by atoms with van der Waals surface area (Å²) >= 11 is 6.10. The number of aryl methyl sites for hydroxylation is 1. The molecular formula is C23H21ClFNO4. The lowest BCUT2D eigenvalue weighted by Crippen LogP contribution is -2.07. The third kappa shape index (κ3) is 4.83. The Hall–Kier alpha value is -3.25. The third-order valence-corrected chi connectivity index (χ3v) is 5.00. The summed E-state index contributed by atoms with van der Waals surface area (Å²) in [6, 6.07) is 14.8. The lowest BCUT2D eigenvalue weighted by atomic mass is 10.1. The Labute approximate surface area is 179 Å². The number of hydrogen-bond donors (Lipinski definition) is 2. The van der Waals surface area contributed by atoms with Gasteiger partial charge < -0.3 is 19.9 Å². The molecule has 2 N–H and O–H groups in total. The molecule has 0 amide bonds. The maximum absolute atomic E-state index is 14.1. The van der Waals surface area contributed by atoms with Crippen LogP contribution >= 0.6 is 11.6 Å². The summed E-state index contributed by atoms with van der Waals surface area (Å²) in [7, 11) is 1.53. The number of methoxy groups -OCH3 is 1. The zero-order chi connectivity index (χ0) is 21.7. The average Bonchev–Trinajstić information content (AvgIpc) is 2.72. The number of hydrogen-bond acceptors (Lipinski definition) is 4. The van der Waals surface area contributed by atoms with Crippen LogP contribution < -0.4 is 14.8 Å². The molecule has 30 heavy (non-hydrogen) atoms. The Balaban J connectivity index is 1.81. The molecule has 0 aliphatic carbocycles. The Morgan fingerprint density at radius 1 is 1.17 bits per heavy atom. The molecule has 0 atom stereocenters. The van der Waals surface area contributed by atoms with Gasteiger partial charge in [0, 0.05) is 23.4 Å². The van der Waals surface area contributed by atoms with Gasteiger partial charge in [-0.2, -0.15) is 0 Å². The van der Waals surface area contributed by atoms with Crippen molar-refractivity contribution >= 4 is 23.3 Å². The van der Waals surface area contributed by atoms with Crippen LogP contribution in [0.5, 0.6) is 11.5 Å². The quantitative estimate of drug-likeness (QED) is 0.481. The number of benzene rings is 3. The molecule has 3 aromatic rings. The molecule has 0 radical (unpaired) electrons. The van der Waals surface area contributed by atoms with E-state index in [9.17, 15) is 9.18 Å². The molecule has 5 nitrogen and oxygen atoms in total. The van der Waals surface area contributed by atoms with Gasteiger partial charge in [-0.3, -0.25) is 0 Å². The van der Waals surface area contributed by atoms with Gasteiger partial charge in [0.1, 0.15) is 12.4 Å². The Morgan fingerprint density at radius 2 is 1.93 bits per heavy atom. The van der Waals surface area contributed by atoms with Gasteiger partial charge in [0.2, 0.25) is 0 Å². The van der Waals surface area contributed by atoms with Crippen LogP contribution in [0.4, 0.5) is 10.1 Å². The number of carboxylic acid groups (broad SMARTS) is 1. The van der Waals surface area contributed by atoms with Gasteiger partial charge in [-0.25, -0.2) is 9.18 Å². The van der Waals surface area contributed by atoms with E-state index in [0.29, 0.717) is 23.1 Å². The highest BCUT2D eigenvalue weighted by molar-refractivity contribution is 6.31. The molecule has 7 heteroatoms. The number of nitrogens with one attached hydrogen (secondary N) is 1. The SMILES string of the molecule is COc1cccc(CNc2ccc(C(=O)O)cc2C)c1OCc1c(F)cccc1Cl. The van der Waals surface area contributed by atoms with Crippen LogP contribution in [0.3, 0.4) is 0 Å². The van der Waals surface area contributed by atoms with Crippen molar-refractivity contribution in [2.45, 2.75) is 20.1 Å². The van der Waals surface area contributed by atoms with Crippen LogP contribution in [0, 0.1) is 12.7 Å². The maximum atomic E-state index is 14.1. The number of carboxylic acids is 1. The van der Waals surface area contributed by atoms with Gasteiger partial charge in [-0.1, -0.05) is 29.8 Å². The number of halogens is 2. The molecule has 0 aliphatic heterocycles. The van der Waals surface area contributed by atoms with Crippen molar-refractivity contribution in [3.8, 4) is 11.5 Å². The minimum absolute atomic E-state index is 0.0504. The van der Waals surface area contributed by atoms with Gasteiger partial charge in [-0.05, 0) is 48.9 Å². The summed E-state index contributed by atoms with van der Waals surface area (Å²) in [5.74, 6) is -0.419. The molecule has 0 aliphatic rings. The number of rotatable bonds is 8. The fourth-order valence-electron chi connectivity index (χ4n) is 3.03. The van der Waals surface area contributed by atoms with Crippen molar-refractivity contribution in [3.05, 3.63) is 87.7 Å². The first kappa shape index (κ1) is 21.5. The maximum Gasteiger partial charge on any atom is 0.335 e. The molecule has 3 aromatic carbocycles. The van der Waals surface area contributed by atoms with Crippen molar-refractivity contribution in [1.82, 2.24) is 0 Å². The lowest BCUT2D eigenvalue weighted by Gasteiger charge is -2.17. The van der Waals surface area contributed by atoms with Crippen molar-refractivity contribution < 1.29 is 23.8 Å². The molecule has 0 unspecified atom stereocenters. The highest BCUT2D eigenvalue weighted by atomic mass is 35.5. The van der Waals surface area contributed by atoms with Crippen LogP contribution in [-0.4, -0.2) is 18.2 Å². The van der Waals surface area contributed by atoms with Gasteiger partial charge >= 0.3 is 5.97 Å². The Bertz CT molecular complexity index is 1050. The van der Waals surface area contributed by atoms with Gasteiger partial charge in [-0.15, -0.1) is 0 Å². The predicted molar refractivity (Wildman–Crippen MR) is 114 cm³/mol. The van der Waals surface area contributed by atoms with Gasteiger partial charge in [0.05, 0.1) is 17.7 Å². The second kappa shape index (κ2) is 9.50. The van der Waals surface area contributed by atoms with Gasteiger partial charge in [0.25, 0.3) is 0 Å². The topological polar surface area (TPSA) is 67.8 Å². The minimum Gasteiger partial charge on any atom is -0.493 e. The first-order chi connectivity index (χ1) is 14.4. The summed E-state index contributed by atoms with van der Waals surface area (Å²) in [5.41, 5.74) is 2.89. The molecule has 0 fully saturated rings. The second-order valence-corrected chi connectivity index (χ2v) is 7.03. The number of para-hydroxylation sites is 1. The van der Waals surface area contributed by atoms with Crippen molar-refractivity contribution in [3.63, 3.8) is 0 Å². The molecule has 0 saturated heterocycles. The van der Waals surface area contributed by atoms with E-state index in [2.05, 4.69) is 5.32 Å². The zero-order valence-electron chi connectivity index (χ0n) is 16.5. The number of ether oxygens (including phenoxy) is 2. The van der Waals surface area contributed by atoms with E-state index in [0.717, 1.165) is 16.8 Å². The standard InChI is InChI=1S/C23H21ClFNO4/c1-14-11-15(23(27)28)9-10-20(14)26-12-16-5-3-8-21(29-2)22(16)30-13-17-18(24)6-4-7-19(17)25/h3-11,26H,12-13H2,1-2H3,(H,27,28). The fraction of sp³-hybridized carbons (Fsp3) is 0.174. The van der Waals surface area contributed by atoms with Crippen LogP contribution in [0.1, 0.15) is 27.0 Å². The Morgan fingerprint density at radius 3 is 2.60 bits per heavy atom. The van der Waals surface area contributed by atoms with Crippen molar-refractivity contribution in [2.75, 3.05) is 12.4 Å². The van der Waals surface area contributed by atoms with E-state index >= 15 is 0 Å². The zero-order valence-corrected chi connectivity index (χ0v) is 17.3. The molecular weight excluding hydrogens is 409 g/mol. The number of anilines is 1. The van der Waals surface area contributed by atoms with Crippen molar-refractivity contribution in [2.24, 2.45) is 0 Å². The number of carbonyl (C=O) groups is 1. The van der Waals surface area contributed by atoms with E-state index < -0.39 is 11.8 Å². The van der Waals surface area contributed by atoms with Gasteiger partial charge in [0.15, 0.2) is 11.5 Å². The second-order valence-electron chi connectivity index (χ2n) is 6.63. The minimum atomic E-state index is -0.972. The highest BCUT2D eigenvalue weighted by Crippen LogP contribution is 2.33. The smallest absolute Gasteiger partial charge is 0.335 e. The Kier molecular flexibility index (Phi) is 6.79. The van der Waals surface area contributed by atoms with Crippen molar-refractivity contribution in [1.29, 1.82) is 0 Å². The van der Waals surface area contributed by atoms with Crippen LogP contribution in [0.2, 0.25) is 5.02 Å². The molecule has 0 spiro atoms. The van der Waals surface area contributed by atoms with E-state index in [4.69, 9.17) is 26.2 Å². The van der Waals surface area contributed by atoms with E-state index in [1.54, 1.807) is 30.3 Å². The summed E-state index contributed by atoms with van der Waals surface area (Å²) in [4.78, 5) is 11.1. The molecule has 0 aromatic heterocycles. The molecule has 3 rings (SSSR count).